The molecule has 2 aliphatic rings. The molecular weight excluding hydrogens is 398 g/mol. The van der Waals surface area contributed by atoms with Crippen molar-refractivity contribution in [1.82, 2.24) is 0 Å². The van der Waals surface area contributed by atoms with Gasteiger partial charge in [0.2, 0.25) is 11.4 Å². The normalized spacial score (nSPS) is 25.9. The van der Waals surface area contributed by atoms with E-state index in [0.717, 1.165) is 0 Å². The van der Waals surface area contributed by atoms with Gasteiger partial charge in [0.25, 0.3) is 0 Å². The van der Waals surface area contributed by atoms with Crippen molar-refractivity contribution >= 4 is 49.3 Å². The number of oxime groups is 1. The van der Waals surface area contributed by atoms with Crippen LogP contribution in [0.1, 0.15) is 12.8 Å². The van der Waals surface area contributed by atoms with E-state index in [-0.39, 0.29) is 22.4 Å². The summed E-state index contributed by atoms with van der Waals surface area (Å²) in [4.78, 5) is 29.1. The number of carbonyl (C=O) groups is 2. The summed E-state index contributed by atoms with van der Waals surface area (Å²) in [5, 5.41) is 3.72. The summed E-state index contributed by atoms with van der Waals surface area (Å²) in [6, 6.07) is 0. The molecule has 108 valence electrons. The monoisotopic (exact) mass is 407 g/mol. The lowest BCUT2D eigenvalue weighted by Gasteiger charge is -2.33. The third-order valence-corrected chi connectivity index (χ3v) is 4.35. The Hall–Kier alpha value is -1.15. The quantitative estimate of drug-likeness (QED) is 0.654. The van der Waals surface area contributed by atoms with Gasteiger partial charge in [0, 0.05) is 12.8 Å². The lowest BCUT2D eigenvalue weighted by atomic mass is 9.87. The summed E-state index contributed by atoms with van der Waals surface area (Å²) in [6.45, 7) is 0. The zero-order valence-corrected chi connectivity index (χ0v) is 13.9. The second kappa shape index (κ2) is 5.69. The zero-order valence-electron chi connectivity index (χ0n) is 10.7. The van der Waals surface area contributed by atoms with Crippen molar-refractivity contribution in [2.45, 2.75) is 18.4 Å². The number of methoxy groups -OCH3 is 2. The van der Waals surface area contributed by atoms with Crippen LogP contribution in [0.2, 0.25) is 0 Å². The molecule has 20 heavy (non-hydrogen) atoms. The molecule has 1 heterocycles. The molecule has 1 aliphatic carbocycles. The molecule has 0 aromatic heterocycles. The Morgan fingerprint density at radius 3 is 2.65 bits per heavy atom. The Morgan fingerprint density at radius 1 is 1.45 bits per heavy atom. The van der Waals surface area contributed by atoms with Crippen LogP contribution in [0.5, 0.6) is 0 Å². The average Bonchev–Trinajstić information content (AvgIpc) is 2.45. The lowest BCUT2D eigenvalue weighted by molar-refractivity contribution is -0.139. The molecule has 0 aromatic rings. The summed E-state index contributed by atoms with van der Waals surface area (Å²) in [6.07, 6.45) is 2.18. The van der Waals surface area contributed by atoms with Gasteiger partial charge in [-0.05, 0) is 37.9 Å². The van der Waals surface area contributed by atoms with Crippen LogP contribution < -0.4 is 0 Å². The predicted octanol–water partition coefficient (Wildman–Crippen LogP) is 2.18. The van der Waals surface area contributed by atoms with Crippen LogP contribution in [-0.4, -0.2) is 37.3 Å². The van der Waals surface area contributed by atoms with E-state index in [1.54, 1.807) is 6.08 Å². The number of hydrogen-bond donors (Lipinski definition) is 0. The second-order valence-corrected chi connectivity index (χ2v) is 5.83. The number of Topliss-reactive ketones (excluding diaryl/α,β-unsaturated/α-hetero) is 1. The van der Waals surface area contributed by atoms with Gasteiger partial charge < -0.3 is 14.3 Å². The van der Waals surface area contributed by atoms with Crippen LogP contribution in [0.25, 0.3) is 0 Å². The molecule has 1 spiro atoms. The van der Waals surface area contributed by atoms with Gasteiger partial charge in [0.15, 0.2) is 11.5 Å². The topological polar surface area (TPSA) is 74.2 Å². The molecule has 2 rings (SSSR count). The van der Waals surface area contributed by atoms with E-state index in [1.165, 1.54) is 14.2 Å². The van der Waals surface area contributed by atoms with E-state index in [0.29, 0.717) is 16.7 Å². The molecule has 0 saturated heterocycles. The van der Waals surface area contributed by atoms with Crippen molar-refractivity contribution in [2.24, 2.45) is 5.16 Å². The van der Waals surface area contributed by atoms with Gasteiger partial charge in [0.05, 0.1) is 18.7 Å². The number of carbonyl (C=O) groups excluding carboxylic acids is 2. The molecule has 0 saturated carbocycles. The van der Waals surface area contributed by atoms with E-state index < -0.39 is 11.6 Å². The highest BCUT2D eigenvalue weighted by atomic mass is 79.9. The van der Waals surface area contributed by atoms with Crippen LogP contribution in [0, 0.1) is 0 Å². The number of allylic oxidation sites excluding steroid dienone is 1. The van der Waals surface area contributed by atoms with Crippen molar-refractivity contribution in [1.29, 1.82) is 0 Å². The second-order valence-electron chi connectivity index (χ2n) is 4.18. The van der Waals surface area contributed by atoms with Gasteiger partial charge in [0.1, 0.15) is 4.48 Å². The molecular formula is C12H11Br2NO5. The molecule has 0 bridgehead atoms. The minimum Gasteiger partial charge on any atom is -0.494 e. The number of hydrogen-bond acceptors (Lipinski definition) is 6. The van der Waals surface area contributed by atoms with Crippen LogP contribution in [0.3, 0.4) is 0 Å². The van der Waals surface area contributed by atoms with Gasteiger partial charge in [-0.3, -0.25) is 4.79 Å². The largest absolute Gasteiger partial charge is 0.494 e. The van der Waals surface area contributed by atoms with Crippen molar-refractivity contribution in [2.75, 3.05) is 14.2 Å². The van der Waals surface area contributed by atoms with E-state index >= 15 is 0 Å². The van der Waals surface area contributed by atoms with Crippen LogP contribution in [0.15, 0.2) is 26.0 Å². The van der Waals surface area contributed by atoms with Crippen molar-refractivity contribution in [3.05, 3.63) is 20.8 Å². The van der Waals surface area contributed by atoms with Crippen LogP contribution in [0.4, 0.5) is 0 Å². The number of esters is 1. The molecule has 8 heteroatoms. The average molecular weight is 409 g/mol. The first-order chi connectivity index (χ1) is 9.45. The number of ketones is 1. The highest BCUT2D eigenvalue weighted by molar-refractivity contribution is 9.12. The number of nitrogens with zero attached hydrogens (tertiary/aromatic N) is 1. The van der Waals surface area contributed by atoms with Crippen LogP contribution in [-0.2, 0) is 23.9 Å². The highest BCUT2D eigenvalue weighted by Gasteiger charge is 2.47. The standard InChI is InChI=1S/C12H11Br2NO5/c1-18-9-6(13)5-12(10(16)8(9)14)4-3-7(15-20-12)11(17)19-2/h5H,3-4H2,1-2H3. The maximum atomic E-state index is 12.4. The first kappa shape index (κ1) is 15.2. The molecule has 0 N–H and O–H groups in total. The van der Waals surface area contributed by atoms with E-state index in [2.05, 4.69) is 41.8 Å². The Bertz CT molecular complexity index is 566. The SMILES string of the molecule is COC(=O)C1=NOC2(C=C(Br)C(OC)=C(Br)C2=O)CC1. The summed E-state index contributed by atoms with van der Waals surface area (Å²) in [7, 11) is 2.73. The smallest absolute Gasteiger partial charge is 0.355 e. The minimum absolute atomic E-state index is 0.160. The molecule has 0 radical (unpaired) electrons. The fourth-order valence-corrected chi connectivity index (χ4v) is 3.67. The summed E-state index contributed by atoms with van der Waals surface area (Å²) in [5.74, 6) is -0.462. The van der Waals surface area contributed by atoms with E-state index in [1.807, 2.05) is 0 Å². The van der Waals surface area contributed by atoms with Crippen LogP contribution >= 0.6 is 31.9 Å². The van der Waals surface area contributed by atoms with Gasteiger partial charge in [-0.25, -0.2) is 4.79 Å². The van der Waals surface area contributed by atoms with E-state index in [9.17, 15) is 9.59 Å². The molecule has 1 unspecified atom stereocenters. The molecule has 6 nitrogen and oxygen atoms in total. The Morgan fingerprint density at radius 2 is 2.15 bits per heavy atom. The molecule has 0 aromatic carbocycles. The van der Waals surface area contributed by atoms with E-state index in [4.69, 9.17) is 9.57 Å². The number of ether oxygens (including phenoxy) is 2. The zero-order chi connectivity index (χ0) is 14.9. The van der Waals surface area contributed by atoms with Gasteiger partial charge in [-0.2, -0.15) is 0 Å². The van der Waals surface area contributed by atoms with Gasteiger partial charge in [-0.15, -0.1) is 0 Å². The molecule has 1 atom stereocenters. The predicted molar refractivity (Wildman–Crippen MR) is 77.5 cm³/mol. The third-order valence-electron chi connectivity index (χ3n) is 3.04. The molecule has 0 fully saturated rings. The Balaban J connectivity index is 2.32. The Kier molecular flexibility index (Phi) is 4.33. The highest BCUT2D eigenvalue weighted by Crippen LogP contribution is 2.41. The maximum Gasteiger partial charge on any atom is 0.355 e. The fourth-order valence-electron chi connectivity index (χ4n) is 1.96. The van der Waals surface area contributed by atoms with Crippen molar-refractivity contribution in [3.63, 3.8) is 0 Å². The first-order valence-electron chi connectivity index (χ1n) is 5.66. The number of rotatable bonds is 2. The third kappa shape index (κ3) is 2.42. The van der Waals surface area contributed by atoms with Crippen molar-refractivity contribution in [3.8, 4) is 0 Å². The first-order valence-corrected chi connectivity index (χ1v) is 7.24. The fraction of sp³-hybridized carbons (Fsp3) is 0.417. The maximum absolute atomic E-state index is 12.4. The molecule has 1 aliphatic heterocycles. The number of halogens is 2. The summed E-state index contributed by atoms with van der Waals surface area (Å²) >= 11 is 6.53. The summed E-state index contributed by atoms with van der Waals surface area (Å²) in [5.41, 5.74) is -1.06. The molecule has 0 amide bonds. The lowest BCUT2D eigenvalue weighted by Crippen LogP contribution is -2.44. The van der Waals surface area contributed by atoms with Gasteiger partial charge >= 0.3 is 5.97 Å². The Labute approximate surface area is 132 Å². The van der Waals surface area contributed by atoms with Crippen molar-refractivity contribution < 1.29 is 23.9 Å². The van der Waals surface area contributed by atoms with Gasteiger partial charge in [-0.1, -0.05) is 5.16 Å². The summed E-state index contributed by atoms with van der Waals surface area (Å²) < 4.78 is 10.6. The minimum atomic E-state index is -1.22.